The molecule has 0 saturated carbocycles. The number of nitrogens with two attached hydrogens (primary N) is 1. The molecule has 154 valence electrons. The molecule has 1 atom stereocenters. The Bertz CT molecular complexity index is 993. The number of carbonyl (C=O) groups is 2. The number of esters is 1. The Morgan fingerprint density at radius 1 is 1.07 bits per heavy atom. The zero-order valence-corrected chi connectivity index (χ0v) is 16.2. The van der Waals surface area contributed by atoms with Crippen LogP contribution < -0.4 is 19.9 Å². The Balaban J connectivity index is 1.83. The molecule has 0 saturated heterocycles. The molecule has 29 heavy (non-hydrogen) atoms. The van der Waals surface area contributed by atoms with Gasteiger partial charge in [-0.1, -0.05) is 30.3 Å². The van der Waals surface area contributed by atoms with Crippen LogP contribution in [-0.2, 0) is 30.8 Å². The third-order valence-electron chi connectivity index (χ3n) is 4.05. The molecular weight excluding hydrogens is 400 g/mol. The summed E-state index contributed by atoms with van der Waals surface area (Å²) in [6.45, 7) is 0.0398. The SMILES string of the molecule is NC(=O)COC(=O)[C@H](Cc1ccccc1)NS(=O)(=O)c1ccc2c(c1)OCCO2. The summed E-state index contributed by atoms with van der Waals surface area (Å²) in [4.78, 5) is 23.2. The Kier molecular flexibility index (Phi) is 6.35. The topological polar surface area (TPSA) is 134 Å². The molecule has 0 aromatic heterocycles. The zero-order valence-electron chi connectivity index (χ0n) is 15.4. The van der Waals surface area contributed by atoms with E-state index in [-0.39, 0.29) is 11.3 Å². The van der Waals surface area contributed by atoms with E-state index >= 15 is 0 Å². The molecule has 2 aromatic carbocycles. The van der Waals surface area contributed by atoms with Gasteiger partial charge in [-0.25, -0.2) is 8.42 Å². The number of fused-ring (bicyclic) bond motifs is 1. The van der Waals surface area contributed by atoms with Gasteiger partial charge in [0.15, 0.2) is 18.1 Å². The van der Waals surface area contributed by atoms with Crippen molar-refractivity contribution >= 4 is 21.9 Å². The van der Waals surface area contributed by atoms with Crippen molar-refractivity contribution in [2.75, 3.05) is 19.8 Å². The number of ether oxygens (including phenoxy) is 3. The smallest absolute Gasteiger partial charge is 0.325 e. The Hall–Kier alpha value is -3.11. The van der Waals surface area contributed by atoms with Crippen LogP contribution in [0.3, 0.4) is 0 Å². The first-order valence-corrected chi connectivity index (χ1v) is 10.2. The number of carbonyl (C=O) groups excluding carboxylic acids is 2. The predicted octanol–water partition coefficient (Wildman–Crippen LogP) is 0.376. The summed E-state index contributed by atoms with van der Waals surface area (Å²) >= 11 is 0. The van der Waals surface area contributed by atoms with Crippen LogP contribution in [-0.4, -0.2) is 46.2 Å². The van der Waals surface area contributed by atoms with Gasteiger partial charge in [-0.05, 0) is 24.1 Å². The van der Waals surface area contributed by atoms with Crippen LogP contribution in [0.2, 0.25) is 0 Å². The highest BCUT2D eigenvalue weighted by Crippen LogP contribution is 2.32. The van der Waals surface area contributed by atoms with E-state index in [0.717, 1.165) is 0 Å². The molecule has 3 N–H and O–H groups in total. The van der Waals surface area contributed by atoms with Crippen LogP contribution in [0, 0.1) is 0 Å². The molecule has 9 nitrogen and oxygen atoms in total. The monoisotopic (exact) mass is 420 g/mol. The average molecular weight is 420 g/mol. The van der Waals surface area contributed by atoms with Gasteiger partial charge in [-0.15, -0.1) is 0 Å². The molecule has 0 unspecified atom stereocenters. The number of primary amides is 1. The minimum absolute atomic E-state index is 0.0300. The minimum Gasteiger partial charge on any atom is -0.486 e. The largest absolute Gasteiger partial charge is 0.486 e. The zero-order chi connectivity index (χ0) is 20.9. The number of benzene rings is 2. The molecule has 0 fully saturated rings. The van der Waals surface area contributed by atoms with Gasteiger partial charge < -0.3 is 19.9 Å². The summed E-state index contributed by atoms with van der Waals surface area (Å²) in [5.74, 6) is -1.01. The van der Waals surface area contributed by atoms with Crippen LogP contribution in [0.15, 0.2) is 53.4 Å². The molecule has 2 aromatic rings. The van der Waals surface area contributed by atoms with Crippen molar-refractivity contribution in [1.29, 1.82) is 0 Å². The highest BCUT2D eigenvalue weighted by molar-refractivity contribution is 7.89. The normalized spacial score (nSPS) is 14.1. The first-order valence-electron chi connectivity index (χ1n) is 8.76. The fourth-order valence-corrected chi connectivity index (χ4v) is 3.91. The van der Waals surface area contributed by atoms with E-state index in [0.29, 0.717) is 30.3 Å². The van der Waals surface area contributed by atoms with Gasteiger partial charge in [0.1, 0.15) is 19.3 Å². The second kappa shape index (κ2) is 8.93. The second-order valence-corrected chi connectivity index (χ2v) is 7.96. The van der Waals surface area contributed by atoms with Crippen LogP contribution in [0.1, 0.15) is 5.56 Å². The lowest BCUT2D eigenvalue weighted by Gasteiger charge is -2.20. The number of nitrogens with one attached hydrogen (secondary N) is 1. The van der Waals surface area contributed by atoms with E-state index in [9.17, 15) is 18.0 Å². The molecule has 0 spiro atoms. The summed E-state index contributed by atoms with van der Waals surface area (Å²) in [6.07, 6.45) is 0.0300. The first-order chi connectivity index (χ1) is 13.8. The van der Waals surface area contributed by atoms with Gasteiger partial charge in [0.05, 0.1) is 4.90 Å². The number of sulfonamides is 1. The number of hydrogen-bond acceptors (Lipinski definition) is 7. The summed E-state index contributed by atoms with van der Waals surface area (Å²) in [7, 11) is -4.10. The van der Waals surface area contributed by atoms with Crippen molar-refractivity contribution in [1.82, 2.24) is 4.72 Å². The molecule has 1 aliphatic rings. The van der Waals surface area contributed by atoms with Gasteiger partial charge in [0, 0.05) is 6.07 Å². The maximum absolute atomic E-state index is 12.9. The molecule has 0 bridgehead atoms. The highest BCUT2D eigenvalue weighted by Gasteiger charge is 2.28. The maximum atomic E-state index is 12.9. The van der Waals surface area contributed by atoms with Gasteiger partial charge in [0.2, 0.25) is 10.0 Å². The van der Waals surface area contributed by atoms with E-state index in [1.54, 1.807) is 30.3 Å². The molecule has 10 heteroatoms. The third-order valence-corrected chi connectivity index (χ3v) is 5.51. The third kappa shape index (κ3) is 5.46. The quantitative estimate of drug-likeness (QED) is 0.590. The van der Waals surface area contributed by atoms with Crippen LogP contribution in [0.5, 0.6) is 11.5 Å². The van der Waals surface area contributed by atoms with E-state index in [4.69, 9.17) is 19.9 Å². The summed E-state index contributed by atoms with van der Waals surface area (Å²) in [5.41, 5.74) is 5.70. The number of amides is 1. The number of hydrogen-bond donors (Lipinski definition) is 2. The lowest BCUT2D eigenvalue weighted by molar-refractivity contribution is -0.149. The second-order valence-electron chi connectivity index (χ2n) is 6.24. The van der Waals surface area contributed by atoms with Gasteiger partial charge in [-0.2, -0.15) is 4.72 Å². The molecular formula is C19H20N2O7S. The van der Waals surface area contributed by atoms with E-state index in [1.165, 1.54) is 18.2 Å². The van der Waals surface area contributed by atoms with E-state index in [1.807, 2.05) is 0 Å². The van der Waals surface area contributed by atoms with E-state index < -0.39 is 34.5 Å². The molecule has 1 heterocycles. The highest BCUT2D eigenvalue weighted by atomic mass is 32.2. The molecule has 0 radical (unpaired) electrons. The van der Waals surface area contributed by atoms with Crippen molar-refractivity contribution in [3.63, 3.8) is 0 Å². The fraction of sp³-hybridized carbons (Fsp3) is 0.263. The van der Waals surface area contributed by atoms with E-state index in [2.05, 4.69) is 4.72 Å². The average Bonchev–Trinajstić information content (AvgIpc) is 2.71. The minimum atomic E-state index is -4.10. The fourth-order valence-electron chi connectivity index (χ4n) is 2.71. The van der Waals surface area contributed by atoms with Gasteiger partial charge in [-0.3, -0.25) is 9.59 Å². The Morgan fingerprint density at radius 3 is 2.45 bits per heavy atom. The Labute approximate surface area is 167 Å². The van der Waals surface area contributed by atoms with Crippen molar-refractivity contribution in [2.45, 2.75) is 17.4 Å². The van der Waals surface area contributed by atoms with Crippen LogP contribution in [0.25, 0.3) is 0 Å². The lowest BCUT2D eigenvalue weighted by Crippen LogP contribution is -2.44. The lowest BCUT2D eigenvalue weighted by atomic mass is 10.1. The molecule has 1 amide bonds. The summed E-state index contributed by atoms with van der Waals surface area (Å²) < 4.78 is 43.7. The van der Waals surface area contributed by atoms with Crippen molar-refractivity contribution in [2.24, 2.45) is 5.73 Å². The van der Waals surface area contributed by atoms with Gasteiger partial charge >= 0.3 is 5.97 Å². The van der Waals surface area contributed by atoms with Gasteiger partial charge in [0.25, 0.3) is 5.91 Å². The summed E-state index contributed by atoms with van der Waals surface area (Å²) in [5, 5.41) is 0. The first kappa shape index (κ1) is 20.6. The predicted molar refractivity (Wildman–Crippen MR) is 102 cm³/mol. The standard InChI is InChI=1S/C19H20N2O7S/c20-18(22)12-28-19(23)15(10-13-4-2-1-3-5-13)21-29(24,25)14-6-7-16-17(11-14)27-9-8-26-16/h1-7,11,15,21H,8-10,12H2,(H2,20,22)/t15-/m0/s1. The summed E-state index contributed by atoms with van der Waals surface area (Å²) in [6, 6.07) is 11.7. The van der Waals surface area contributed by atoms with Crippen LogP contribution in [0.4, 0.5) is 0 Å². The maximum Gasteiger partial charge on any atom is 0.325 e. The molecule has 1 aliphatic heterocycles. The molecule has 3 rings (SSSR count). The van der Waals surface area contributed by atoms with Crippen molar-refractivity contribution < 1.29 is 32.2 Å². The number of rotatable bonds is 8. The molecule has 0 aliphatic carbocycles. The Morgan fingerprint density at radius 2 is 1.76 bits per heavy atom. The van der Waals surface area contributed by atoms with Crippen molar-refractivity contribution in [3.05, 3.63) is 54.1 Å². The van der Waals surface area contributed by atoms with Crippen LogP contribution >= 0.6 is 0 Å². The van der Waals surface area contributed by atoms with Crippen molar-refractivity contribution in [3.8, 4) is 11.5 Å².